The van der Waals surface area contributed by atoms with Crippen molar-refractivity contribution < 1.29 is 22.6 Å². The van der Waals surface area contributed by atoms with Gasteiger partial charge in [0.2, 0.25) is 6.79 Å². The van der Waals surface area contributed by atoms with Crippen molar-refractivity contribution >= 4 is 27.3 Å². The van der Waals surface area contributed by atoms with Crippen molar-refractivity contribution in [2.75, 3.05) is 18.6 Å². The van der Waals surface area contributed by atoms with Crippen LogP contribution >= 0.6 is 11.6 Å². The van der Waals surface area contributed by atoms with E-state index in [2.05, 4.69) is 4.72 Å². The minimum absolute atomic E-state index is 0.0661. The molecule has 1 aliphatic heterocycles. The third-order valence-corrected chi connectivity index (χ3v) is 5.15. The second-order valence-corrected chi connectivity index (χ2v) is 7.01. The summed E-state index contributed by atoms with van der Waals surface area (Å²) in [6.07, 6.45) is 0. The van der Waals surface area contributed by atoms with E-state index >= 15 is 0 Å². The topological polar surface area (TPSA) is 73.9 Å². The summed E-state index contributed by atoms with van der Waals surface area (Å²) in [6.45, 7) is 1.86. The second kappa shape index (κ2) is 5.82. The van der Waals surface area contributed by atoms with Crippen molar-refractivity contribution in [1.29, 1.82) is 0 Å². The highest BCUT2D eigenvalue weighted by atomic mass is 35.5. The Hall–Kier alpha value is -2.12. The number of ether oxygens (including phenoxy) is 3. The molecule has 0 aliphatic carbocycles. The number of halogens is 1. The number of benzene rings is 2. The van der Waals surface area contributed by atoms with Crippen molar-refractivity contribution in [3.8, 4) is 17.2 Å². The van der Waals surface area contributed by atoms with E-state index < -0.39 is 10.0 Å². The van der Waals surface area contributed by atoms with Gasteiger partial charge in [0.05, 0.1) is 17.7 Å². The Labute approximate surface area is 139 Å². The molecule has 0 spiro atoms. The van der Waals surface area contributed by atoms with Crippen LogP contribution in [0.2, 0.25) is 5.02 Å². The van der Waals surface area contributed by atoms with E-state index in [0.717, 1.165) is 5.56 Å². The molecule has 2 aromatic rings. The first-order valence-corrected chi connectivity index (χ1v) is 8.53. The van der Waals surface area contributed by atoms with Crippen LogP contribution in [-0.2, 0) is 10.0 Å². The molecule has 0 fully saturated rings. The van der Waals surface area contributed by atoms with Crippen LogP contribution in [-0.4, -0.2) is 22.3 Å². The molecular formula is C15H14ClNO5S. The number of hydrogen-bond donors (Lipinski definition) is 1. The molecule has 0 radical (unpaired) electrons. The summed E-state index contributed by atoms with van der Waals surface area (Å²) < 4.78 is 43.2. The predicted molar refractivity (Wildman–Crippen MR) is 86.1 cm³/mol. The number of methoxy groups -OCH3 is 1. The van der Waals surface area contributed by atoms with Crippen molar-refractivity contribution in [3.05, 3.63) is 40.9 Å². The quantitative estimate of drug-likeness (QED) is 0.911. The number of hydrogen-bond acceptors (Lipinski definition) is 5. The van der Waals surface area contributed by atoms with Gasteiger partial charge in [-0.25, -0.2) is 8.42 Å². The van der Waals surface area contributed by atoms with Gasteiger partial charge in [0.15, 0.2) is 11.5 Å². The van der Waals surface area contributed by atoms with E-state index in [1.54, 1.807) is 25.1 Å². The Morgan fingerprint density at radius 2 is 1.91 bits per heavy atom. The molecule has 6 nitrogen and oxygen atoms in total. The van der Waals surface area contributed by atoms with Crippen LogP contribution in [0, 0.1) is 6.92 Å². The lowest BCUT2D eigenvalue weighted by Gasteiger charge is -2.13. The molecule has 0 saturated carbocycles. The molecule has 2 aromatic carbocycles. The average Bonchev–Trinajstić information content (AvgIpc) is 2.98. The van der Waals surface area contributed by atoms with Crippen LogP contribution in [0.1, 0.15) is 5.56 Å². The Kier molecular flexibility index (Phi) is 3.99. The van der Waals surface area contributed by atoms with Crippen LogP contribution in [0.3, 0.4) is 0 Å². The zero-order chi connectivity index (χ0) is 16.6. The van der Waals surface area contributed by atoms with Crippen LogP contribution in [0.15, 0.2) is 35.2 Å². The standard InChI is InChI=1S/C15H14ClNO5S/c1-9-5-12(14(20-2)7-11(9)16)17-23(18,19)10-3-4-13-15(6-10)22-8-21-13/h3-7,17H,8H2,1-2H3. The molecule has 122 valence electrons. The molecule has 1 heterocycles. The van der Waals surface area contributed by atoms with E-state index in [0.29, 0.717) is 28.0 Å². The van der Waals surface area contributed by atoms with Gasteiger partial charge < -0.3 is 14.2 Å². The van der Waals surface area contributed by atoms with E-state index in [1.165, 1.54) is 19.2 Å². The number of nitrogens with one attached hydrogen (secondary N) is 1. The minimum atomic E-state index is -3.81. The van der Waals surface area contributed by atoms with E-state index in [1.807, 2.05) is 0 Å². The maximum Gasteiger partial charge on any atom is 0.262 e. The molecule has 1 N–H and O–H groups in total. The summed E-state index contributed by atoms with van der Waals surface area (Å²) in [4.78, 5) is 0.0661. The first-order valence-electron chi connectivity index (χ1n) is 6.67. The lowest BCUT2D eigenvalue weighted by atomic mass is 10.2. The summed E-state index contributed by atoms with van der Waals surface area (Å²) in [5, 5.41) is 0.493. The second-order valence-electron chi connectivity index (χ2n) is 4.92. The normalized spacial score (nSPS) is 13.0. The first-order chi connectivity index (χ1) is 10.9. The average molecular weight is 356 g/mol. The summed E-state index contributed by atoms with van der Waals surface area (Å²) in [6, 6.07) is 7.60. The number of fused-ring (bicyclic) bond motifs is 1. The molecule has 0 unspecified atom stereocenters. The van der Waals surface area contributed by atoms with E-state index in [-0.39, 0.29) is 11.7 Å². The van der Waals surface area contributed by atoms with Crippen LogP contribution in [0.5, 0.6) is 17.2 Å². The largest absolute Gasteiger partial charge is 0.495 e. The summed E-state index contributed by atoms with van der Waals surface area (Å²) in [7, 11) is -2.36. The molecule has 1 aliphatic rings. The molecule has 0 amide bonds. The molecule has 0 saturated heterocycles. The minimum Gasteiger partial charge on any atom is -0.495 e. The zero-order valence-electron chi connectivity index (χ0n) is 12.4. The highest BCUT2D eigenvalue weighted by Gasteiger charge is 2.22. The van der Waals surface area contributed by atoms with Crippen molar-refractivity contribution in [3.63, 3.8) is 0 Å². The van der Waals surface area contributed by atoms with Crippen LogP contribution < -0.4 is 18.9 Å². The third kappa shape index (κ3) is 3.02. The summed E-state index contributed by atoms with van der Waals surface area (Å²) in [5.74, 6) is 1.25. The SMILES string of the molecule is COc1cc(Cl)c(C)cc1NS(=O)(=O)c1ccc2c(c1)OCO2. The Balaban J connectivity index is 1.97. The number of anilines is 1. The highest BCUT2D eigenvalue weighted by Crippen LogP contribution is 2.36. The fraction of sp³-hybridized carbons (Fsp3) is 0.200. The van der Waals surface area contributed by atoms with Gasteiger partial charge >= 0.3 is 0 Å². The van der Waals surface area contributed by atoms with Gasteiger partial charge in [0, 0.05) is 17.2 Å². The Morgan fingerprint density at radius 3 is 2.65 bits per heavy atom. The van der Waals surface area contributed by atoms with Crippen molar-refractivity contribution in [2.45, 2.75) is 11.8 Å². The lowest BCUT2D eigenvalue weighted by Crippen LogP contribution is -2.13. The Bertz CT molecular complexity index is 866. The molecular weight excluding hydrogens is 342 g/mol. The van der Waals surface area contributed by atoms with Gasteiger partial charge in [-0.1, -0.05) is 11.6 Å². The van der Waals surface area contributed by atoms with Crippen molar-refractivity contribution in [1.82, 2.24) is 0 Å². The van der Waals surface area contributed by atoms with E-state index in [9.17, 15) is 8.42 Å². The first kappa shape index (κ1) is 15.8. The zero-order valence-corrected chi connectivity index (χ0v) is 14.0. The number of aryl methyl sites for hydroxylation is 1. The van der Waals surface area contributed by atoms with Gasteiger partial charge in [0.25, 0.3) is 10.0 Å². The van der Waals surface area contributed by atoms with Gasteiger partial charge in [0.1, 0.15) is 5.75 Å². The molecule has 23 heavy (non-hydrogen) atoms. The van der Waals surface area contributed by atoms with E-state index in [4.69, 9.17) is 25.8 Å². The maximum atomic E-state index is 12.6. The van der Waals surface area contributed by atoms with Gasteiger partial charge in [-0.05, 0) is 30.7 Å². The smallest absolute Gasteiger partial charge is 0.262 e. The van der Waals surface area contributed by atoms with Crippen molar-refractivity contribution in [2.24, 2.45) is 0 Å². The van der Waals surface area contributed by atoms with Crippen LogP contribution in [0.25, 0.3) is 0 Å². The number of rotatable bonds is 4. The Morgan fingerprint density at radius 1 is 1.17 bits per heavy atom. The lowest BCUT2D eigenvalue weighted by molar-refractivity contribution is 0.174. The highest BCUT2D eigenvalue weighted by molar-refractivity contribution is 7.92. The fourth-order valence-electron chi connectivity index (χ4n) is 2.16. The third-order valence-electron chi connectivity index (χ3n) is 3.38. The fourth-order valence-corrected chi connectivity index (χ4v) is 3.39. The van der Waals surface area contributed by atoms with Gasteiger partial charge in [-0.2, -0.15) is 0 Å². The molecule has 3 rings (SSSR count). The van der Waals surface area contributed by atoms with Gasteiger partial charge in [-0.15, -0.1) is 0 Å². The maximum absolute atomic E-state index is 12.6. The molecule has 8 heteroatoms. The van der Waals surface area contributed by atoms with Gasteiger partial charge in [-0.3, -0.25) is 4.72 Å². The van der Waals surface area contributed by atoms with Crippen LogP contribution in [0.4, 0.5) is 5.69 Å². The summed E-state index contributed by atoms with van der Waals surface area (Å²) in [5.41, 5.74) is 1.04. The monoisotopic (exact) mass is 355 g/mol. The number of sulfonamides is 1. The summed E-state index contributed by atoms with van der Waals surface area (Å²) >= 11 is 6.03. The molecule has 0 atom stereocenters. The molecule has 0 aromatic heterocycles. The predicted octanol–water partition coefficient (Wildman–Crippen LogP) is 3.19. The molecule has 0 bridgehead atoms.